The summed E-state index contributed by atoms with van der Waals surface area (Å²) in [5.74, 6) is -0.413. The summed E-state index contributed by atoms with van der Waals surface area (Å²) in [6.07, 6.45) is -0.181. The van der Waals surface area contributed by atoms with Crippen molar-refractivity contribution in [3.63, 3.8) is 0 Å². The van der Waals surface area contributed by atoms with Crippen molar-refractivity contribution in [3.8, 4) is 0 Å². The SMILES string of the molecule is COC(=O)[C@@H](Cc1ccccc1)N(NC(=O)OC(C)(C)C)C(C)C. The first kappa shape index (κ1) is 20.0. The van der Waals surface area contributed by atoms with E-state index < -0.39 is 23.7 Å². The fourth-order valence-corrected chi connectivity index (χ4v) is 2.24. The summed E-state index contributed by atoms with van der Waals surface area (Å²) in [5.41, 5.74) is 3.04. The van der Waals surface area contributed by atoms with Crippen molar-refractivity contribution in [1.82, 2.24) is 10.4 Å². The molecule has 6 nitrogen and oxygen atoms in total. The Kier molecular flexibility index (Phi) is 7.22. The molecule has 1 aromatic rings. The van der Waals surface area contributed by atoms with Gasteiger partial charge >= 0.3 is 12.1 Å². The van der Waals surface area contributed by atoms with Crippen molar-refractivity contribution in [2.45, 2.75) is 58.7 Å². The molecule has 0 aliphatic carbocycles. The second-order valence-electron chi connectivity index (χ2n) is 6.84. The number of hydrogen-bond donors (Lipinski definition) is 1. The van der Waals surface area contributed by atoms with E-state index in [1.165, 1.54) is 7.11 Å². The molecule has 0 spiro atoms. The smallest absolute Gasteiger partial charge is 0.422 e. The lowest BCUT2D eigenvalue weighted by molar-refractivity contribution is -0.149. The van der Waals surface area contributed by atoms with Crippen molar-refractivity contribution < 1.29 is 19.1 Å². The maximum atomic E-state index is 12.3. The average Bonchev–Trinajstić information content (AvgIpc) is 2.49. The van der Waals surface area contributed by atoms with Crippen molar-refractivity contribution in [3.05, 3.63) is 35.9 Å². The molecular formula is C18H28N2O4. The normalized spacial score (nSPS) is 12.8. The number of hydrazine groups is 1. The monoisotopic (exact) mass is 336 g/mol. The fourth-order valence-electron chi connectivity index (χ4n) is 2.24. The van der Waals surface area contributed by atoms with Gasteiger partial charge in [0.25, 0.3) is 0 Å². The number of hydrogen-bond acceptors (Lipinski definition) is 5. The highest BCUT2D eigenvalue weighted by molar-refractivity contribution is 5.77. The summed E-state index contributed by atoms with van der Waals surface area (Å²) in [6.45, 7) is 9.13. The van der Waals surface area contributed by atoms with Crippen LogP contribution in [0.5, 0.6) is 0 Å². The molecule has 24 heavy (non-hydrogen) atoms. The van der Waals surface area contributed by atoms with Gasteiger partial charge in [-0.2, -0.15) is 0 Å². The van der Waals surface area contributed by atoms with Crippen molar-refractivity contribution in [2.24, 2.45) is 0 Å². The Labute approximate surface area is 144 Å². The maximum Gasteiger partial charge on any atom is 0.422 e. The molecule has 0 heterocycles. The lowest BCUT2D eigenvalue weighted by atomic mass is 10.0. The van der Waals surface area contributed by atoms with Gasteiger partial charge < -0.3 is 9.47 Å². The zero-order chi connectivity index (χ0) is 18.3. The molecule has 0 bridgehead atoms. The average molecular weight is 336 g/mol. The highest BCUT2D eigenvalue weighted by Crippen LogP contribution is 2.13. The largest absolute Gasteiger partial charge is 0.468 e. The Bertz CT molecular complexity index is 538. The third-order valence-electron chi connectivity index (χ3n) is 3.26. The van der Waals surface area contributed by atoms with Crippen LogP contribution in [0.1, 0.15) is 40.2 Å². The minimum absolute atomic E-state index is 0.120. The molecule has 0 aromatic heterocycles. The van der Waals surface area contributed by atoms with E-state index in [0.717, 1.165) is 5.56 Å². The molecular weight excluding hydrogens is 308 g/mol. The van der Waals surface area contributed by atoms with Crippen LogP contribution in [0.2, 0.25) is 0 Å². The molecule has 1 atom stereocenters. The van der Waals surface area contributed by atoms with E-state index in [2.05, 4.69) is 5.43 Å². The maximum absolute atomic E-state index is 12.3. The number of esters is 1. The van der Waals surface area contributed by atoms with Gasteiger partial charge in [0, 0.05) is 12.5 Å². The van der Waals surface area contributed by atoms with Gasteiger partial charge in [-0.25, -0.2) is 9.80 Å². The van der Waals surface area contributed by atoms with Crippen LogP contribution in [0.3, 0.4) is 0 Å². The Hall–Kier alpha value is -2.08. The molecule has 1 N–H and O–H groups in total. The summed E-state index contributed by atoms with van der Waals surface area (Å²) in [4.78, 5) is 24.4. The molecule has 0 fully saturated rings. The van der Waals surface area contributed by atoms with Gasteiger partial charge in [0.1, 0.15) is 11.6 Å². The van der Waals surface area contributed by atoms with Gasteiger partial charge in [-0.1, -0.05) is 30.3 Å². The van der Waals surface area contributed by atoms with E-state index in [9.17, 15) is 9.59 Å². The summed E-state index contributed by atoms with van der Waals surface area (Å²) >= 11 is 0. The molecule has 0 radical (unpaired) electrons. The molecule has 0 aliphatic heterocycles. The Morgan fingerprint density at radius 1 is 1.17 bits per heavy atom. The quantitative estimate of drug-likeness (QED) is 0.639. The zero-order valence-electron chi connectivity index (χ0n) is 15.3. The molecule has 0 unspecified atom stereocenters. The molecule has 134 valence electrons. The Morgan fingerprint density at radius 2 is 1.75 bits per heavy atom. The molecule has 0 aliphatic rings. The summed E-state index contributed by atoms with van der Waals surface area (Å²) in [7, 11) is 1.34. The third-order valence-corrected chi connectivity index (χ3v) is 3.26. The standard InChI is InChI=1S/C18H28N2O4/c1-13(2)20(19-17(22)24-18(3,4)5)15(16(21)23-6)12-14-10-8-7-9-11-14/h7-11,13,15H,12H2,1-6H3,(H,19,22)/t15-/m1/s1. The zero-order valence-corrected chi connectivity index (χ0v) is 15.3. The van der Waals surface area contributed by atoms with E-state index in [-0.39, 0.29) is 6.04 Å². The third kappa shape index (κ3) is 6.58. The molecule has 0 saturated heterocycles. The Morgan fingerprint density at radius 3 is 2.21 bits per heavy atom. The molecule has 0 saturated carbocycles. The topological polar surface area (TPSA) is 67.9 Å². The van der Waals surface area contributed by atoms with Crippen molar-refractivity contribution >= 4 is 12.1 Å². The van der Waals surface area contributed by atoms with Crippen LogP contribution >= 0.6 is 0 Å². The van der Waals surface area contributed by atoms with Gasteiger partial charge in [0.2, 0.25) is 0 Å². The first-order chi connectivity index (χ1) is 11.1. The number of carbonyl (C=O) groups excluding carboxylic acids is 2. The first-order valence-electron chi connectivity index (χ1n) is 8.03. The Balaban J connectivity index is 2.96. The second-order valence-corrected chi connectivity index (χ2v) is 6.84. The minimum atomic E-state index is -0.648. The lowest BCUT2D eigenvalue weighted by Crippen LogP contribution is -2.56. The number of nitrogens with one attached hydrogen (secondary N) is 1. The van der Waals surface area contributed by atoms with Crippen molar-refractivity contribution in [1.29, 1.82) is 0 Å². The predicted octanol–water partition coefficient (Wildman–Crippen LogP) is 2.92. The molecule has 1 amide bonds. The molecule has 6 heteroatoms. The second kappa shape index (κ2) is 8.68. The van der Waals surface area contributed by atoms with Gasteiger partial charge in [-0.15, -0.1) is 0 Å². The van der Waals surface area contributed by atoms with Gasteiger partial charge in [0.15, 0.2) is 0 Å². The molecule has 1 aromatic carbocycles. The fraction of sp³-hybridized carbons (Fsp3) is 0.556. The lowest BCUT2D eigenvalue weighted by Gasteiger charge is -2.34. The van der Waals surface area contributed by atoms with E-state index >= 15 is 0 Å². The predicted molar refractivity (Wildman–Crippen MR) is 92.3 cm³/mol. The van der Waals surface area contributed by atoms with Crippen LogP contribution in [0, 0.1) is 0 Å². The summed E-state index contributed by atoms with van der Waals surface area (Å²) in [5, 5.41) is 1.58. The van der Waals surface area contributed by atoms with E-state index in [0.29, 0.717) is 6.42 Å². The van der Waals surface area contributed by atoms with Crippen molar-refractivity contribution in [2.75, 3.05) is 7.11 Å². The van der Waals surface area contributed by atoms with Gasteiger partial charge in [0.05, 0.1) is 7.11 Å². The number of nitrogens with zero attached hydrogens (tertiary/aromatic N) is 1. The number of benzene rings is 1. The molecule has 1 rings (SSSR count). The highest BCUT2D eigenvalue weighted by atomic mass is 16.6. The van der Waals surface area contributed by atoms with Crippen LogP contribution in [0.15, 0.2) is 30.3 Å². The number of rotatable bonds is 6. The van der Waals surface area contributed by atoms with E-state index in [4.69, 9.17) is 9.47 Å². The van der Waals surface area contributed by atoms with Crippen LogP contribution in [-0.2, 0) is 20.7 Å². The number of carbonyl (C=O) groups is 2. The minimum Gasteiger partial charge on any atom is -0.468 e. The van der Waals surface area contributed by atoms with Gasteiger partial charge in [-0.05, 0) is 40.2 Å². The highest BCUT2D eigenvalue weighted by Gasteiger charge is 2.31. The first-order valence-corrected chi connectivity index (χ1v) is 8.03. The summed E-state index contributed by atoms with van der Waals surface area (Å²) in [6, 6.07) is 8.82. The van der Waals surface area contributed by atoms with Crippen LogP contribution < -0.4 is 5.43 Å². The number of amides is 1. The number of methoxy groups -OCH3 is 1. The summed E-state index contributed by atoms with van der Waals surface area (Å²) < 4.78 is 10.2. The van der Waals surface area contributed by atoms with Crippen LogP contribution in [-0.4, -0.2) is 41.9 Å². The van der Waals surface area contributed by atoms with Gasteiger partial charge in [-0.3, -0.25) is 10.2 Å². The van der Waals surface area contributed by atoms with Crippen LogP contribution in [0.25, 0.3) is 0 Å². The van der Waals surface area contributed by atoms with Crippen LogP contribution in [0.4, 0.5) is 4.79 Å². The number of ether oxygens (including phenoxy) is 2. The van der Waals surface area contributed by atoms with E-state index in [1.54, 1.807) is 25.8 Å². The van der Waals surface area contributed by atoms with E-state index in [1.807, 2.05) is 44.2 Å².